The number of aromatic nitrogens is 2. The first-order valence-electron chi connectivity index (χ1n) is 9.98. The van der Waals surface area contributed by atoms with Crippen molar-refractivity contribution >= 4 is 23.6 Å². The summed E-state index contributed by atoms with van der Waals surface area (Å²) in [7, 11) is 0. The number of halogens is 1. The molecule has 0 aliphatic carbocycles. The third-order valence-corrected chi connectivity index (χ3v) is 5.61. The highest BCUT2D eigenvalue weighted by atomic mass is 35.5. The number of nitrogens with zero attached hydrogens (tertiary/aromatic N) is 4. The summed E-state index contributed by atoms with van der Waals surface area (Å²) in [6.45, 7) is 12.2. The van der Waals surface area contributed by atoms with E-state index < -0.39 is 0 Å². The molecule has 27 heavy (non-hydrogen) atoms. The van der Waals surface area contributed by atoms with Gasteiger partial charge in [0.15, 0.2) is 0 Å². The largest absolute Gasteiger partial charge is 0.377 e. The van der Waals surface area contributed by atoms with Gasteiger partial charge < -0.3 is 9.64 Å². The third kappa shape index (κ3) is 5.33. The molecule has 0 N–H and O–H groups in total. The number of amides is 1. The predicted octanol–water partition coefficient (Wildman–Crippen LogP) is 2.84. The Morgan fingerprint density at radius 3 is 2.70 bits per heavy atom. The fourth-order valence-electron chi connectivity index (χ4n) is 3.71. The number of carbonyl (C=O) groups is 1. The molecule has 2 saturated heterocycles. The van der Waals surface area contributed by atoms with Gasteiger partial charge in [-0.1, -0.05) is 25.4 Å². The number of ether oxygens (including phenoxy) is 1. The minimum Gasteiger partial charge on any atom is -0.377 e. The second-order valence-electron chi connectivity index (χ2n) is 7.96. The number of rotatable bonds is 6. The Morgan fingerprint density at radius 2 is 2.07 bits per heavy atom. The lowest BCUT2D eigenvalue weighted by Crippen LogP contribution is -2.50. The Labute approximate surface area is 167 Å². The van der Waals surface area contributed by atoms with E-state index in [1.807, 2.05) is 22.6 Å². The van der Waals surface area contributed by atoms with Crippen LogP contribution in [0.5, 0.6) is 0 Å². The van der Waals surface area contributed by atoms with Crippen molar-refractivity contribution in [1.82, 2.24) is 19.6 Å². The molecule has 1 aromatic rings. The van der Waals surface area contributed by atoms with E-state index in [2.05, 4.69) is 23.8 Å². The van der Waals surface area contributed by atoms with E-state index in [0.29, 0.717) is 17.2 Å². The van der Waals surface area contributed by atoms with Gasteiger partial charge in [0.2, 0.25) is 5.91 Å². The van der Waals surface area contributed by atoms with Crippen LogP contribution in [0.25, 0.3) is 6.08 Å². The molecule has 3 heterocycles. The minimum atomic E-state index is 0.0406. The topological polar surface area (TPSA) is 50.6 Å². The minimum absolute atomic E-state index is 0.0406. The quantitative estimate of drug-likeness (QED) is 0.696. The van der Waals surface area contributed by atoms with Crippen LogP contribution in [0.1, 0.15) is 37.9 Å². The molecule has 150 valence electrons. The van der Waals surface area contributed by atoms with Gasteiger partial charge in [-0.3, -0.25) is 14.4 Å². The Hall–Kier alpha value is -1.37. The molecule has 2 aliphatic heterocycles. The Morgan fingerprint density at radius 1 is 1.33 bits per heavy atom. The molecule has 0 spiro atoms. The zero-order chi connectivity index (χ0) is 19.4. The number of aryl methyl sites for hydroxylation is 1. The lowest BCUT2D eigenvalue weighted by molar-refractivity contribution is -0.127. The average molecular weight is 395 g/mol. The van der Waals surface area contributed by atoms with Crippen LogP contribution in [0.15, 0.2) is 6.08 Å². The van der Waals surface area contributed by atoms with Gasteiger partial charge in [0, 0.05) is 57.5 Å². The molecule has 0 saturated carbocycles. The SMILES string of the molecule is Cc1nn(CC(C)C)c(Cl)c1/C=C/C(=O)N1CCN(CC2CCCO2)CC1. The predicted molar refractivity (Wildman–Crippen MR) is 108 cm³/mol. The summed E-state index contributed by atoms with van der Waals surface area (Å²) in [6.07, 6.45) is 6.14. The van der Waals surface area contributed by atoms with Crippen molar-refractivity contribution in [2.24, 2.45) is 5.92 Å². The van der Waals surface area contributed by atoms with Crippen molar-refractivity contribution in [1.29, 1.82) is 0 Å². The van der Waals surface area contributed by atoms with Crippen molar-refractivity contribution in [3.8, 4) is 0 Å². The molecular weight excluding hydrogens is 364 g/mol. The highest BCUT2D eigenvalue weighted by molar-refractivity contribution is 6.31. The van der Waals surface area contributed by atoms with Crippen molar-refractivity contribution in [2.75, 3.05) is 39.3 Å². The molecule has 2 fully saturated rings. The molecule has 1 aromatic heterocycles. The highest BCUT2D eigenvalue weighted by Gasteiger charge is 2.24. The molecule has 1 atom stereocenters. The van der Waals surface area contributed by atoms with Crippen LogP contribution in [-0.4, -0.2) is 70.9 Å². The lowest BCUT2D eigenvalue weighted by atomic mass is 10.2. The number of piperazine rings is 1. The van der Waals surface area contributed by atoms with Gasteiger partial charge in [-0.2, -0.15) is 5.10 Å². The summed E-state index contributed by atoms with van der Waals surface area (Å²) < 4.78 is 7.53. The van der Waals surface area contributed by atoms with E-state index in [4.69, 9.17) is 16.3 Å². The maximum absolute atomic E-state index is 12.6. The highest BCUT2D eigenvalue weighted by Crippen LogP contribution is 2.22. The Balaban J connectivity index is 1.52. The van der Waals surface area contributed by atoms with Crippen LogP contribution in [0.2, 0.25) is 5.15 Å². The first kappa shape index (κ1) is 20.4. The average Bonchev–Trinajstić information content (AvgIpc) is 3.22. The first-order valence-corrected chi connectivity index (χ1v) is 10.4. The summed E-state index contributed by atoms with van der Waals surface area (Å²) in [5.41, 5.74) is 1.69. The van der Waals surface area contributed by atoms with Crippen LogP contribution in [0.3, 0.4) is 0 Å². The van der Waals surface area contributed by atoms with E-state index in [1.165, 1.54) is 6.42 Å². The summed E-state index contributed by atoms with van der Waals surface area (Å²) in [5, 5.41) is 5.09. The summed E-state index contributed by atoms with van der Waals surface area (Å²) in [6, 6.07) is 0. The number of hydrogen-bond donors (Lipinski definition) is 0. The second kappa shape index (κ2) is 9.22. The van der Waals surface area contributed by atoms with Crippen molar-refractivity contribution in [2.45, 2.75) is 46.3 Å². The maximum atomic E-state index is 12.6. The van der Waals surface area contributed by atoms with Gasteiger partial charge in [-0.15, -0.1) is 0 Å². The van der Waals surface area contributed by atoms with E-state index >= 15 is 0 Å². The fourth-order valence-corrected chi connectivity index (χ4v) is 4.02. The van der Waals surface area contributed by atoms with Gasteiger partial charge in [-0.25, -0.2) is 0 Å². The molecule has 3 rings (SSSR count). The fraction of sp³-hybridized carbons (Fsp3) is 0.700. The summed E-state index contributed by atoms with van der Waals surface area (Å²) in [5.74, 6) is 0.505. The smallest absolute Gasteiger partial charge is 0.246 e. The zero-order valence-electron chi connectivity index (χ0n) is 16.7. The zero-order valence-corrected chi connectivity index (χ0v) is 17.4. The molecule has 1 unspecified atom stereocenters. The van der Waals surface area contributed by atoms with Crippen LogP contribution in [0.4, 0.5) is 0 Å². The molecular formula is C20H31ClN4O2. The van der Waals surface area contributed by atoms with E-state index in [0.717, 1.165) is 63.6 Å². The maximum Gasteiger partial charge on any atom is 0.246 e. The van der Waals surface area contributed by atoms with Gasteiger partial charge in [-0.05, 0) is 31.8 Å². The van der Waals surface area contributed by atoms with Crippen LogP contribution >= 0.6 is 11.6 Å². The van der Waals surface area contributed by atoms with Crippen molar-refractivity contribution < 1.29 is 9.53 Å². The molecule has 6 nitrogen and oxygen atoms in total. The van der Waals surface area contributed by atoms with Crippen LogP contribution in [-0.2, 0) is 16.1 Å². The molecule has 0 aromatic carbocycles. The Kier molecular flexibility index (Phi) is 6.95. The monoisotopic (exact) mass is 394 g/mol. The summed E-state index contributed by atoms with van der Waals surface area (Å²) >= 11 is 6.45. The third-order valence-electron chi connectivity index (χ3n) is 5.21. The van der Waals surface area contributed by atoms with Gasteiger partial charge >= 0.3 is 0 Å². The second-order valence-corrected chi connectivity index (χ2v) is 8.32. The van der Waals surface area contributed by atoms with E-state index in [1.54, 1.807) is 6.08 Å². The van der Waals surface area contributed by atoms with Gasteiger partial charge in [0.1, 0.15) is 5.15 Å². The van der Waals surface area contributed by atoms with E-state index in [-0.39, 0.29) is 5.91 Å². The van der Waals surface area contributed by atoms with Gasteiger partial charge in [0.05, 0.1) is 11.8 Å². The molecule has 7 heteroatoms. The normalized spacial score (nSPS) is 21.7. The van der Waals surface area contributed by atoms with E-state index in [9.17, 15) is 4.79 Å². The summed E-state index contributed by atoms with van der Waals surface area (Å²) in [4.78, 5) is 16.9. The lowest BCUT2D eigenvalue weighted by Gasteiger charge is -2.35. The van der Waals surface area contributed by atoms with Crippen molar-refractivity contribution in [3.05, 3.63) is 22.5 Å². The van der Waals surface area contributed by atoms with Crippen molar-refractivity contribution in [3.63, 3.8) is 0 Å². The van der Waals surface area contributed by atoms with Gasteiger partial charge in [0.25, 0.3) is 0 Å². The van der Waals surface area contributed by atoms with Crippen LogP contribution < -0.4 is 0 Å². The molecule has 0 bridgehead atoms. The first-order chi connectivity index (χ1) is 12.9. The standard InChI is InChI=1S/C20H31ClN4O2/c1-15(2)13-25-20(21)18(16(3)22-25)6-7-19(26)24-10-8-23(9-11-24)14-17-5-4-12-27-17/h6-7,15,17H,4-5,8-14H2,1-3H3/b7-6+. The Bertz CT molecular complexity index is 672. The number of carbonyl (C=O) groups excluding carboxylic acids is 1. The molecule has 0 radical (unpaired) electrons. The van der Waals surface area contributed by atoms with Crippen LogP contribution in [0, 0.1) is 12.8 Å². The number of hydrogen-bond acceptors (Lipinski definition) is 4. The molecule has 2 aliphatic rings. The molecule has 1 amide bonds.